The van der Waals surface area contributed by atoms with Gasteiger partial charge in [0, 0.05) is 12.8 Å². The Morgan fingerprint density at radius 3 is 1.05 bits per heavy atom. The van der Waals surface area contributed by atoms with Crippen LogP contribution in [0.1, 0.15) is 194 Å². The fraction of sp³-hybridized carbons (Fsp3) is 0.842. The maximum atomic E-state index is 12.3. The maximum absolute atomic E-state index is 12.3. The SMILES string of the molecule is CCCCCCCC/C=C\CCCCCCCC(=O)OC(N)(CN)OC(=O)CCCCCCC/C=C\CCCCCCCC. The van der Waals surface area contributed by atoms with Gasteiger partial charge in [-0.1, -0.05) is 141 Å². The topological polar surface area (TPSA) is 105 Å². The van der Waals surface area contributed by atoms with Gasteiger partial charge in [-0.3, -0.25) is 15.3 Å². The highest BCUT2D eigenvalue weighted by Crippen LogP contribution is 2.15. The second-order valence-corrected chi connectivity index (χ2v) is 12.6. The molecule has 0 aromatic rings. The number of nitrogens with two attached hydrogens (primary N) is 2. The minimum atomic E-state index is -1.88. The van der Waals surface area contributed by atoms with E-state index in [1.54, 1.807) is 0 Å². The highest BCUT2D eigenvalue weighted by atomic mass is 16.7. The number of rotatable bonds is 33. The lowest BCUT2D eigenvalue weighted by Gasteiger charge is -2.27. The van der Waals surface area contributed by atoms with E-state index in [1.807, 2.05) is 0 Å². The summed E-state index contributed by atoms with van der Waals surface area (Å²) in [6.45, 7) is 4.25. The first-order valence-electron chi connectivity index (χ1n) is 18.7. The summed E-state index contributed by atoms with van der Waals surface area (Å²) < 4.78 is 10.5. The second-order valence-electron chi connectivity index (χ2n) is 12.6. The number of carbonyl (C=O) groups excluding carboxylic acids is 2. The van der Waals surface area contributed by atoms with Crippen molar-refractivity contribution < 1.29 is 19.1 Å². The van der Waals surface area contributed by atoms with Crippen molar-refractivity contribution in [3.63, 3.8) is 0 Å². The monoisotopic (exact) mass is 621 g/mol. The highest BCUT2D eigenvalue weighted by Gasteiger charge is 2.32. The summed E-state index contributed by atoms with van der Waals surface area (Å²) in [7, 11) is 0. The molecule has 0 aliphatic rings. The molecule has 0 saturated heterocycles. The van der Waals surface area contributed by atoms with Crippen molar-refractivity contribution in [2.45, 2.75) is 200 Å². The van der Waals surface area contributed by atoms with Crippen LogP contribution in [0.25, 0.3) is 0 Å². The quantitative estimate of drug-likeness (QED) is 0.0327. The lowest BCUT2D eigenvalue weighted by molar-refractivity contribution is -0.223. The van der Waals surface area contributed by atoms with Gasteiger partial charge < -0.3 is 15.2 Å². The molecule has 0 radical (unpaired) electrons. The predicted molar refractivity (Wildman–Crippen MR) is 187 cm³/mol. The Morgan fingerprint density at radius 1 is 0.477 bits per heavy atom. The highest BCUT2D eigenvalue weighted by molar-refractivity contribution is 5.72. The third-order valence-corrected chi connectivity index (χ3v) is 8.14. The zero-order chi connectivity index (χ0) is 32.4. The summed E-state index contributed by atoms with van der Waals surface area (Å²) in [6, 6.07) is 0. The summed E-state index contributed by atoms with van der Waals surface area (Å²) >= 11 is 0. The standard InChI is InChI=1S/C38H72N2O4/c1-3-5-7-9-11-13-15-17-19-21-23-25-27-29-31-33-36(41)43-38(40,35-39)44-37(42)34-32-30-28-26-24-22-20-18-16-14-12-10-8-6-4-2/h17-20H,3-16,21-35,39-40H2,1-2H3/b19-17-,20-18-. The third kappa shape index (κ3) is 30.4. The van der Waals surface area contributed by atoms with Gasteiger partial charge in [0.15, 0.2) is 0 Å². The van der Waals surface area contributed by atoms with Crippen LogP contribution in [0.3, 0.4) is 0 Å². The lowest BCUT2D eigenvalue weighted by Crippen LogP contribution is -2.54. The lowest BCUT2D eigenvalue weighted by atomic mass is 10.1. The molecule has 6 heteroatoms. The van der Waals surface area contributed by atoms with E-state index >= 15 is 0 Å². The van der Waals surface area contributed by atoms with Crippen LogP contribution in [-0.2, 0) is 19.1 Å². The van der Waals surface area contributed by atoms with Crippen molar-refractivity contribution >= 4 is 11.9 Å². The molecule has 258 valence electrons. The normalized spacial score (nSPS) is 12.0. The molecule has 4 N–H and O–H groups in total. The van der Waals surface area contributed by atoms with Gasteiger partial charge in [-0.25, -0.2) is 0 Å². The number of unbranched alkanes of at least 4 members (excludes halogenated alkanes) is 22. The Morgan fingerprint density at radius 2 is 0.750 bits per heavy atom. The largest absolute Gasteiger partial charge is 0.407 e. The predicted octanol–water partition coefficient (Wildman–Crippen LogP) is 10.7. The molecular weight excluding hydrogens is 548 g/mol. The van der Waals surface area contributed by atoms with Crippen LogP contribution in [0.4, 0.5) is 0 Å². The number of hydrogen-bond donors (Lipinski definition) is 2. The molecule has 0 bridgehead atoms. The fourth-order valence-electron chi connectivity index (χ4n) is 5.27. The van der Waals surface area contributed by atoms with E-state index in [0.29, 0.717) is 0 Å². The van der Waals surface area contributed by atoms with Gasteiger partial charge in [-0.05, 0) is 64.2 Å². The Hall–Kier alpha value is -1.66. The van der Waals surface area contributed by atoms with E-state index in [1.165, 1.54) is 103 Å². The van der Waals surface area contributed by atoms with Gasteiger partial charge in [0.1, 0.15) is 0 Å². The van der Waals surface area contributed by atoms with Gasteiger partial charge in [-0.15, -0.1) is 0 Å². The van der Waals surface area contributed by atoms with Crippen LogP contribution in [0.15, 0.2) is 24.3 Å². The summed E-state index contributed by atoms with van der Waals surface area (Å²) in [5, 5.41) is 0. The van der Waals surface area contributed by atoms with Gasteiger partial charge in [0.05, 0.1) is 6.54 Å². The average molecular weight is 621 g/mol. The summed E-state index contributed by atoms with van der Waals surface area (Å²) in [5.41, 5.74) is 11.7. The second kappa shape index (κ2) is 32.7. The van der Waals surface area contributed by atoms with Crippen LogP contribution in [-0.4, -0.2) is 24.4 Å². The van der Waals surface area contributed by atoms with E-state index in [0.717, 1.165) is 64.2 Å². The molecule has 0 aromatic carbocycles. The number of allylic oxidation sites excluding steroid dienone is 4. The molecular formula is C38H72N2O4. The molecule has 44 heavy (non-hydrogen) atoms. The maximum Gasteiger partial charge on any atom is 0.328 e. The van der Waals surface area contributed by atoms with E-state index in [2.05, 4.69) is 38.2 Å². The molecule has 0 rings (SSSR count). The molecule has 0 aliphatic heterocycles. The van der Waals surface area contributed by atoms with Crippen molar-refractivity contribution in [1.82, 2.24) is 0 Å². The van der Waals surface area contributed by atoms with Crippen molar-refractivity contribution in [3.05, 3.63) is 24.3 Å². The van der Waals surface area contributed by atoms with E-state index in [-0.39, 0.29) is 19.4 Å². The third-order valence-electron chi connectivity index (χ3n) is 8.14. The molecule has 0 amide bonds. The van der Waals surface area contributed by atoms with Crippen LogP contribution in [0.2, 0.25) is 0 Å². The van der Waals surface area contributed by atoms with Gasteiger partial charge >= 0.3 is 17.8 Å². The van der Waals surface area contributed by atoms with E-state index < -0.39 is 17.8 Å². The Labute approximate surface area is 272 Å². The first kappa shape index (κ1) is 42.3. The Bertz CT molecular complexity index is 653. The zero-order valence-electron chi connectivity index (χ0n) is 29.1. The molecule has 0 unspecified atom stereocenters. The minimum absolute atomic E-state index is 0.253. The van der Waals surface area contributed by atoms with Crippen molar-refractivity contribution in [2.24, 2.45) is 11.5 Å². The van der Waals surface area contributed by atoms with E-state index in [4.69, 9.17) is 20.9 Å². The average Bonchev–Trinajstić information content (AvgIpc) is 3.01. The number of ether oxygens (including phenoxy) is 2. The number of hydrogen-bond acceptors (Lipinski definition) is 6. The Kier molecular flexibility index (Phi) is 31.5. The number of carbonyl (C=O) groups is 2. The van der Waals surface area contributed by atoms with Crippen LogP contribution in [0.5, 0.6) is 0 Å². The molecule has 0 aliphatic carbocycles. The molecule has 0 saturated carbocycles. The molecule has 0 aromatic heterocycles. The van der Waals surface area contributed by atoms with Crippen molar-refractivity contribution in [3.8, 4) is 0 Å². The van der Waals surface area contributed by atoms with Crippen LogP contribution in [0, 0.1) is 0 Å². The van der Waals surface area contributed by atoms with E-state index in [9.17, 15) is 9.59 Å². The van der Waals surface area contributed by atoms with Crippen LogP contribution < -0.4 is 11.5 Å². The molecule has 6 nitrogen and oxygen atoms in total. The molecule has 0 fully saturated rings. The summed E-state index contributed by atoms with van der Waals surface area (Å²) in [6.07, 6.45) is 40.9. The van der Waals surface area contributed by atoms with Gasteiger partial charge in [0.25, 0.3) is 0 Å². The molecule has 0 heterocycles. The smallest absolute Gasteiger partial charge is 0.328 e. The summed E-state index contributed by atoms with van der Waals surface area (Å²) in [5.74, 6) is -2.81. The zero-order valence-corrected chi connectivity index (χ0v) is 29.1. The minimum Gasteiger partial charge on any atom is -0.407 e. The first-order chi connectivity index (χ1) is 21.5. The summed E-state index contributed by atoms with van der Waals surface area (Å²) in [4.78, 5) is 24.6. The van der Waals surface area contributed by atoms with Crippen LogP contribution >= 0.6 is 0 Å². The van der Waals surface area contributed by atoms with Crippen molar-refractivity contribution in [2.75, 3.05) is 6.54 Å². The molecule has 0 atom stereocenters. The van der Waals surface area contributed by atoms with Gasteiger partial charge in [-0.2, -0.15) is 0 Å². The van der Waals surface area contributed by atoms with Crippen molar-refractivity contribution in [1.29, 1.82) is 0 Å². The molecule has 0 spiro atoms. The Balaban J connectivity index is 3.73. The fourth-order valence-corrected chi connectivity index (χ4v) is 5.27. The number of esters is 2. The first-order valence-corrected chi connectivity index (χ1v) is 18.7. The van der Waals surface area contributed by atoms with Gasteiger partial charge in [0.2, 0.25) is 0 Å².